The van der Waals surface area contributed by atoms with Gasteiger partial charge >= 0.3 is 0 Å². The molecule has 0 aliphatic heterocycles. The third kappa shape index (κ3) is 3.33. The van der Waals surface area contributed by atoms with E-state index in [1.165, 1.54) is 0 Å². The molecular formula is C12H14N4OS. The van der Waals surface area contributed by atoms with Gasteiger partial charge in [-0.25, -0.2) is 4.98 Å². The van der Waals surface area contributed by atoms with E-state index in [9.17, 15) is 4.79 Å². The molecule has 1 aromatic heterocycles. The summed E-state index contributed by atoms with van der Waals surface area (Å²) in [5, 5.41) is 6.96. The first-order valence-corrected chi connectivity index (χ1v) is 6.01. The van der Waals surface area contributed by atoms with Crippen LogP contribution in [0.4, 0.5) is 0 Å². The molecule has 1 aromatic carbocycles. The lowest BCUT2D eigenvalue weighted by Gasteiger charge is -2.03. The molecule has 1 heterocycles. The third-order valence-electron chi connectivity index (χ3n) is 2.41. The highest BCUT2D eigenvalue weighted by Crippen LogP contribution is 2.07. The zero-order chi connectivity index (χ0) is 13.0. The van der Waals surface area contributed by atoms with Crippen LogP contribution in [-0.2, 0) is 13.5 Å². The Morgan fingerprint density at radius 2 is 2.11 bits per heavy atom. The standard InChI is InChI=1S/C12H14N4OS/c1-16-8-14-11(15-16)6-7-13-12(17)9-2-4-10(18)5-3-9/h2-5,8,18H,6-7H2,1H3,(H,13,17). The number of carbonyl (C=O) groups is 1. The number of benzene rings is 1. The van der Waals surface area contributed by atoms with Crippen molar-refractivity contribution in [3.8, 4) is 0 Å². The molecule has 0 fully saturated rings. The van der Waals surface area contributed by atoms with Gasteiger partial charge in [0.2, 0.25) is 0 Å². The van der Waals surface area contributed by atoms with Gasteiger partial charge in [0.25, 0.3) is 5.91 Å². The summed E-state index contributed by atoms with van der Waals surface area (Å²) in [6.07, 6.45) is 2.26. The molecule has 5 nitrogen and oxygen atoms in total. The maximum Gasteiger partial charge on any atom is 0.251 e. The van der Waals surface area contributed by atoms with E-state index in [1.807, 2.05) is 7.05 Å². The predicted molar refractivity (Wildman–Crippen MR) is 70.7 cm³/mol. The maximum atomic E-state index is 11.8. The van der Waals surface area contributed by atoms with E-state index in [0.717, 1.165) is 10.7 Å². The van der Waals surface area contributed by atoms with Gasteiger partial charge < -0.3 is 5.32 Å². The second kappa shape index (κ2) is 5.68. The number of nitrogens with one attached hydrogen (secondary N) is 1. The summed E-state index contributed by atoms with van der Waals surface area (Å²) in [4.78, 5) is 16.7. The van der Waals surface area contributed by atoms with Crippen molar-refractivity contribution in [2.75, 3.05) is 6.54 Å². The number of amides is 1. The van der Waals surface area contributed by atoms with Crippen LogP contribution in [0.25, 0.3) is 0 Å². The molecule has 0 spiro atoms. The first-order chi connectivity index (χ1) is 8.65. The summed E-state index contributed by atoms with van der Waals surface area (Å²) in [6.45, 7) is 0.519. The second-order valence-corrected chi connectivity index (χ2v) is 4.40. The Kier molecular flexibility index (Phi) is 3.99. The van der Waals surface area contributed by atoms with Crippen LogP contribution in [0.1, 0.15) is 16.2 Å². The fourth-order valence-corrected chi connectivity index (χ4v) is 1.65. The average molecular weight is 262 g/mol. The molecule has 94 valence electrons. The van der Waals surface area contributed by atoms with E-state index in [4.69, 9.17) is 0 Å². The van der Waals surface area contributed by atoms with E-state index >= 15 is 0 Å². The zero-order valence-electron chi connectivity index (χ0n) is 10.00. The second-order valence-electron chi connectivity index (χ2n) is 3.89. The Morgan fingerprint density at radius 3 is 2.72 bits per heavy atom. The van der Waals surface area contributed by atoms with Gasteiger partial charge in [0, 0.05) is 30.5 Å². The predicted octanol–water partition coefficient (Wildman–Crippen LogP) is 1.08. The summed E-state index contributed by atoms with van der Waals surface area (Å²) >= 11 is 4.17. The number of carbonyl (C=O) groups excluding carboxylic acids is 1. The minimum Gasteiger partial charge on any atom is -0.352 e. The highest BCUT2D eigenvalue weighted by atomic mass is 32.1. The van der Waals surface area contributed by atoms with Crippen LogP contribution < -0.4 is 5.32 Å². The highest BCUT2D eigenvalue weighted by molar-refractivity contribution is 7.80. The van der Waals surface area contributed by atoms with E-state index < -0.39 is 0 Å². The van der Waals surface area contributed by atoms with Crippen LogP contribution in [0.5, 0.6) is 0 Å². The molecule has 18 heavy (non-hydrogen) atoms. The SMILES string of the molecule is Cn1cnc(CCNC(=O)c2ccc(S)cc2)n1. The Bertz CT molecular complexity index is 535. The Hall–Kier alpha value is -1.82. The molecule has 0 aliphatic rings. The fourth-order valence-electron chi connectivity index (χ4n) is 1.50. The van der Waals surface area contributed by atoms with E-state index in [1.54, 1.807) is 35.3 Å². The molecule has 0 unspecified atom stereocenters. The number of aromatic nitrogens is 3. The van der Waals surface area contributed by atoms with Crippen molar-refractivity contribution in [1.82, 2.24) is 20.1 Å². The number of thiol groups is 1. The molecule has 0 bridgehead atoms. The molecule has 0 saturated carbocycles. The minimum absolute atomic E-state index is 0.0979. The van der Waals surface area contributed by atoms with Crippen molar-refractivity contribution in [2.45, 2.75) is 11.3 Å². The van der Waals surface area contributed by atoms with Crippen molar-refractivity contribution >= 4 is 18.5 Å². The molecule has 1 N–H and O–H groups in total. The van der Waals surface area contributed by atoms with Crippen LogP contribution in [-0.4, -0.2) is 27.2 Å². The van der Waals surface area contributed by atoms with Crippen molar-refractivity contribution in [2.24, 2.45) is 7.05 Å². The van der Waals surface area contributed by atoms with Crippen molar-refractivity contribution in [3.05, 3.63) is 42.0 Å². The van der Waals surface area contributed by atoms with Gasteiger partial charge in [0.05, 0.1) is 0 Å². The van der Waals surface area contributed by atoms with Gasteiger partial charge in [-0.2, -0.15) is 5.10 Å². The van der Waals surface area contributed by atoms with Crippen molar-refractivity contribution < 1.29 is 4.79 Å². The lowest BCUT2D eigenvalue weighted by molar-refractivity contribution is 0.0954. The molecular weight excluding hydrogens is 248 g/mol. The van der Waals surface area contributed by atoms with Crippen LogP contribution in [0, 0.1) is 0 Å². The summed E-state index contributed by atoms with van der Waals surface area (Å²) in [7, 11) is 1.81. The Morgan fingerprint density at radius 1 is 1.39 bits per heavy atom. The normalized spacial score (nSPS) is 10.3. The largest absolute Gasteiger partial charge is 0.352 e. The van der Waals surface area contributed by atoms with Crippen LogP contribution >= 0.6 is 12.6 Å². The maximum absolute atomic E-state index is 11.8. The van der Waals surface area contributed by atoms with Gasteiger partial charge in [-0.3, -0.25) is 9.48 Å². The molecule has 1 amide bonds. The molecule has 6 heteroatoms. The van der Waals surface area contributed by atoms with Gasteiger partial charge in [0.1, 0.15) is 6.33 Å². The summed E-state index contributed by atoms with van der Waals surface area (Å²) in [6, 6.07) is 7.07. The quantitative estimate of drug-likeness (QED) is 0.811. The number of aryl methyl sites for hydroxylation is 1. The van der Waals surface area contributed by atoms with E-state index in [0.29, 0.717) is 18.5 Å². The number of nitrogens with zero attached hydrogens (tertiary/aromatic N) is 3. The molecule has 2 aromatic rings. The lowest BCUT2D eigenvalue weighted by atomic mass is 10.2. The Labute approximate surface area is 111 Å². The third-order valence-corrected chi connectivity index (χ3v) is 2.71. The molecule has 0 aliphatic carbocycles. The van der Waals surface area contributed by atoms with Crippen LogP contribution in [0.15, 0.2) is 35.5 Å². The smallest absolute Gasteiger partial charge is 0.251 e. The van der Waals surface area contributed by atoms with E-state index in [-0.39, 0.29) is 5.91 Å². The number of rotatable bonds is 4. The lowest BCUT2D eigenvalue weighted by Crippen LogP contribution is -2.25. The summed E-state index contributed by atoms with van der Waals surface area (Å²) in [5.74, 6) is 0.628. The number of hydrogen-bond acceptors (Lipinski definition) is 4. The average Bonchev–Trinajstić information content (AvgIpc) is 2.76. The zero-order valence-corrected chi connectivity index (χ0v) is 10.9. The summed E-state index contributed by atoms with van der Waals surface area (Å²) < 4.78 is 1.64. The van der Waals surface area contributed by atoms with E-state index in [2.05, 4.69) is 28.0 Å². The Balaban J connectivity index is 1.83. The molecule has 0 radical (unpaired) electrons. The van der Waals surface area contributed by atoms with Crippen LogP contribution in [0.3, 0.4) is 0 Å². The van der Waals surface area contributed by atoms with Crippen molar-refractivity contribution in [3.63, 3.8) is 0 Å². The van der Waals surface area contributed by atoms with Gasteiger partial charge in [-0.05, 0) is 24.3 Å². The van der Waals surface area contributed by atoms with Gasteiger partial charge in [-0.15, -0.1) is 12.6 Å². The molecule has 0 saturated heterocycles. The molecule has 0 atom stereocenters. The van der Waals surface area contributed by atoms with Gasteiger partial charge in [-0.1, -0.05) is 0 Å². The summed E-state index contributed by atoms with van der Waals surface area (Å²) in [5.41, 5.74) is 0.627. The van der Waals surface area contributed by atoms with Gasteiger partial charge in [0.15, 0.2) is 5.82 Å². The topological polar surface area (TPSA) is 59.8 Å². The monoisotopic (exact) mass is 262 g/mol. The highest BCUT2D eigenvalue weighted by Gasteiger charge is 2.05. The van der Waals surface area contributed by atoms with Crippen LogP contribution in [0.2, 0.25) is 0 Å². The van der Waals surface area contributed by atoms with Crippen molar-refractivity contribution in [1.29, 1.82) is 0 Å². The minimum atomic E-state index is -0.0979. The first kappa shape index (κ1) is 12.6. The molecule has 2 rings (SSSR count). The fraction of sp³-hybridized carbons (Fsp3) is 0.250. The first-order valence-electron chi connectivity index (χ1n) is 5.57. The number of hydrogen-bond donors (Lipinski definition) is 2.